The van der Waals surface area contributed by atoms with Gasteiger partial charge in [0.1, 0.15) is 5.69 Å². The predicted octanol–water partition coefficient (Wildman–Crippen LogP) is 1.98. The minimum atomic E-state index is -0.102. The highest BCUT2D eigenvalue weighted by atomic mass is 16.5. The average molecular weight is 326 g/mol. The van der Waals surface area contributed by atoms with E-state index in [0.717, 1.165) is 18.7 Å². The monoisotopic (exact) mass is 326 g/mol. The third-order valence-corrected chi connectivity index (χ3v) is 4.85. The quantitative estimate of drug-likeness (QED) is 0.843. The minimum Gasteiger partial charge on any atom is -0.379 e. The van der Waals surface area contributed by atoms with Gasteiger partial charge in [-0.1, -0.05) is 6.07 Å². The highest BCUT2D eigenvalue weighted by molar-refractivity contribution is 5.92. The number of rotatable bonds is 5. The van der Waals surface area contributed by atoms with Crippen LogP contribution in [0.25, 0.3) is 0 Å². The van der Waals surface area contributed by atoms with Crippen LogP contribution in [0.3, 0.4) is 0 Å². The summed E-state index contributed by atoms with van der Waals surface area (Å²) in [4.78, 5) is 19.0. The SMILES string of the molecule is Cn1ncc2c1[C@@H](COCC1CC1)N(C(=O)c1ccccn1)CC2. The van der Waals surface area contributed by atoms with Crippen LogP contribution in [-0.2, 0) is 18.2 Å². The van der Waals surface area contributed by atoms with Crippen LogP contribution in [0.2, 0.25) is 0 Å². The standard InChI is InChI=1S/C18H22N4O2/c1-21-17-14(10-20-21)7-9-22(16(17)12-24-11-13-5-6-13)18(23)15-4-2-3-8-19-15/h2-4,8,10,13,16H,5-7,9,11-12H2,1H3/t16-/m1/s1. The maximum Gasteiger partial charge on any atom is 0.273 e. The van der Waals surface area contributed by atoms with Crippen LogP contribution < -0.4 is 0 Å². The van der Waals surface area contributed by atoms with Crippen molar-refractivity contribution in [2.45, 2.75) is 25.3 Å². The van der Waals surface area contributed by atoms with Crippen molar-refractivity contribution in [3.63, 3.8) is 0 Å². The summed E-state index contributed by atoms with van der Waals surface area (Å²) in [6, 6.07) is 5.33. The topological polar surface area (TPSA) is 60.2 Å². The summed E-state index contributed by atoms with van der Waals surface area (Å²) in [5, 5.41) is 4.38. The predicted molar refractivity (Wildman–Crippen MR) is 88.5 cm³/mol. The highest BCUT2D eigenvalue weighted by Gasteiger charge is 2.35. The summed E-state index contributed by atoms with van der Waals surface area (Å²) in [5.74, 6) is 0.669. The van der Waals surface area contributed by atoms with Gasteiger partial charge in [0.25, 0.3) is 5.91 Å². The molecular weight excluding hydrogens is 304 g/mol. The molecule has 0 unspecified atom stereocenters. The Morgan fingerprint density at radius 2 is 2.21 bits per heavy atom. The van der Waals surface area contributed by atoms with E-state index >= 15 is 0 Å². The van der Waals surface area contributed by atoms with Crippen molar-refractivity contribution in [1.82, 2.24) is 19.7 Å². The minimum absolute atomic E-state index is 0.0394. The van der Waals surface area contributed by atoms with Gasteiger partial charge in [0, 0.05) is 26.4 Å². The first-order valence-electron chi connectivity index (χ1n) is 8.54. The molecule has 1 aliphatic heterocycles. The molecule has 2 aromatic rings. The summed E-state index contributed by atoms with van der Waals surface area (Å²) in [6.07, 6.45) is 6.91. The van der Waals surface area contributed by atoms with E-state index in [0.29, 0.717) is 24.8 Å². The van der Waals surface area contributed by atoms with Gasteiger partial charge in [-0.2, -0.15) is 5.10 Å². The Morgan fingerprint density at radius 3 is 2.96 bits per heavy atom. The molecule has 3 heterocycles. The van der Waals surface area contributed by atoms with Crippen molar-refractivity contribution in [3.05, 3.63) is 47.5 Å². The number of nitrogens with zero attached hydrogens (tertiary/aromatic N) is 4. The number of ether oxygens (including phenoxy) is 1. The maximum absolute atomic E-state index is 12.9. The summed E-state index contributed by atoms with van der Waals surface area (Å²) in [7, 11) is 1.93. The zero-order chi connectivity index (χ0) is 16.5. The third-order valence-electron chi connectivity index (χ3n) is 4.85. The zero-order valence-corrected chi connectivity index (χ0v) is 13.9. The molecule has 1 amide bonds. The number of aryl methyl sites for hydroxylation is 1. The molecule has 4 rings (SSSR count). The van der Waals surface area contributed by atoms with E-state index in [-0.39, 0.29) is 11.9 Å². The average Bonchev–Trinajstić information content (AvgIpc) is 3.37. The molecule has 0 saturated heterocycles. The molecule has 126 valence electrons. The molecule has 0 radical (unpaired) electrons. The largest absolute Gasteiger partial charge is 0.379 e. The van der Waals surface area contributed by atoms with Crippen molar-refractivity contribution in [1.29, 1.82) is 0 Å². The van der Waals surface area contributed by atoms with E-state index in [2.05, 4.69) is 10.1 Å². The van der Waals surface area contributed by atoms with E-state index in [9.17, 15) is 4.79 Å². The molecule has 24 heavy (non-hydrogen) atoms. The number of carbonyl (C=O) groups is 1. The summed E-state index contributed by atoms with van der Waals surface area (Å²) >= 11 is 0. The maximum atomic E-state index is 12.9. The second-order valence-corrected chi connectivity index (χ2v) is 6.64. The normalized spacial score (nSPS) is 20.0. The smallest absolute Gasteiger partial charge is 0.273 e. The molecule has 1 fully saturated rings. The lowest BCUT2D eigenvalue weighted by molar-refractivity contribution is 0.0344. The second-order valence-electron chi connectivity index (χ2n) is 6.64. The molecule has 1 saturated carbocycles. The first-order valence-corrected chi connectivity index (χ1v) is 8.54. The van der Waals surface area contributed by atoms with Crippen LogP contribution >= 0.6 is 0 Å². The van der Waals surface area contributed by atoms with Crippen LogP contribution in [0.1, 0.15) is 40.6 Å². The molecule has 0 bridgehead atoms. The Bertz CT molecular complexity index is 724. The number of hydrogen-bond acceptors (Lipinski definition) is 4. The van der Waals surface area contributed by atoms with Gasteiger partial charge in [-0.05, 0) is 42.9 Å². The number of pyridine rings is 1. The Balaban J connectivity index is 1.59. The Hall–Kier alpha value is -2.21. The summed E-state index contributed by atoms with van der Waals surface area (Å²) in [5.41, 5.74) is 2.78. The van der Waals surface area contributed by atoms with Crippen molar-refractivity contribution in [2.75, 3.05) is 19.8 Å². The fraction of sp³-hybridized carbons (Fsp3) is 0.500. The van der Waals surface area contributed by atoms with E-state index < -0.39 is 0 Å². The number of carbonyl (C=O) groups excluding carboxylic acids is 1. The van der Waals surface area contributed by atoms with E-state index in [1.165, 1.54) is 18.4 Å². The number of aromatic nitrogens is 3. The molecule has 1 atom stereocenters. The van der Waals surface area contributed by atoms with Gasteiger partial charge in [0.15, 0.2) is 0 Å². The van der Waals surface area contributed by atoms with Crippen LogP contribution in [0, 0.1) is 5.92 Å². The first-order chi connectivity index (χ1) is 11.7. The van der Waals surface area contributed by atoms with Crippen molar-refractivity contribution < 1.29 is 9.53 Å². The van der Waals surface area contributed by atoms with Gasteiger partial charge < -0.3 is 9.64 Å². The van der Waals surface area contributed by atoms with Gasteiger partial charge in [-0.3, -0.25) is 14.5 Å². The Kier molecular flexibility index (Phi) is 4.06. The molecule has 0 aromatic carbocycles. The molecule has 0 spiro atoms. The Morgan fingerprint density at radius 1 is 1.33 bits per heavy atom. The van der Waals surface area contributed by atoms with Gasteiger partial charge in [0.05, 0.1) is 24.5 Å². The molecule has 6 heteroatoms. The molecule has 2 aromatic heterocycles. The molecule has 1 aliphatic carbocycles. The van der Waals surface area contributed by atoms with Gasteiger partial charge >= 0.3 is 0 Å². The van der Waals surface area contributed by atoms with Crippen molar-refractivity contribution >= 4 is 5.91 Å². The fourth-order valence-electron chi connectivity index (χ4n) is 3.34. The van der Waals surface area contributed by atoms with E-state index in [1.807, 2.05) is 35.0 Å². The van der Waals surface area contributed by atoms with E-state index in [1.54, 1.807) is 12.3 Å². The Labute approximate surface area is 141 Å². The van der Waals surface area contributed by atoms with E-state index in [4.69, 9.17) is 4.74 Å². The van der Waals surface area contributed by atoms with Crippen LogP contribution in [-0.4, -0.2) is 45.3 Å². The molecule has 0 N–H and O–H groups in total. The third kappa shape index (κ3) is 2.94. The number of fused-ring (bicyclic) bond motifs is 1. The van der Waals surface area contributed by atoms with Crippen molar-refractivity contribution in [2.24, 2.45) is 13.0 Å². The van der Waals surface area contributed by atoms with Gasteiger partial charge in [-0.15, -0.1) is 0 Å². The van der Waals surface area contributed by atoms with Crippen molar-refractivity contribution in [3.8, 4) is 0 Å². The lowest BCUT2D eigenvalue weighted by Crippen LogP contribution is -2.43. The zero-order valence-electron chi connectivity index (χ0n) is 13.9. The summed E-state index contributed by atoms with van der Waals surface area (Å²) in [6.45, 7) is 1.97. The summed E-state index contributed by atoms with van der Waals surface area (Å²) < 4.78 is 7.81. The highest BCUT2D eigenvalue weighted by Crippen LogP contribution is 2.33. The molecule has 2 aliphatic rings. The first kappa shape index (κ1) is 15.3. The molecular formula is C18H22N4O2. The van der Waals surface area contributed by atoms with Gasteiger partial charge in [0.2, 0.25) is 0 Å². The second kappa shape index (κ2) is 6.36. The lowest BCUT2D eigenvalue weighted by Gasteiger charge is -2.35. The van der Waals surface area contributed by atoms with Crippen LogP contribution in [0.5, 0.6) is 0 Å². The van der Waals surface area contributed by atoms with Crippen LogP contribution in [0.15, 0.2) is 30.6 Å². The van der Waals surface area contributed by atoms with Crippen LogP contribution in [0.4, 0.5) is 0 Å². The lowest BCUT2D eigenvalue weighted by atomic mass is 9.99. The number of amides is 1. The number of hydrogen-bond donors (Lipinski definition) is 0. The van der Waals surface area contributed by atoms with Gasteiger partial charge in [-0.25, -0.2) is 0 Å². The molecule has 6 nitrogen and oxygen atoms in total. The fourth-order valence-corrected chi connectivity index (χ4v) is 3.34.